The first-order valence-corrected chi connectivity index (χ1v) is 6.33. The van der Waals surface area contributed by atoms with Crippen LogP contribution in [-0.4, -0.2) is 48.4 Å². The fourth-order valence-electron chi connectivity index (χ4n) is 2.04. The summed E-state index contributed by atoms with van der Waals surface area (Å²) in [4.78, 5) is 15.7. The van der Waals surface area contributed by atoms with Gasteiger partial charge in [0.1, 0.15) is 5.82 Å². The van der Waals surface area contributed by atoms with Crippen molar-refractivity contribution in [2.24, 2.45) is 0 Å². The van der Waals surface area contributed by atoms with Crippen LogP contribution in [0.2, 0.25) is 5.02 Å². The normalized spacial score (nSPS) is 16.2. The Labute approximate surface area is 116 Å². The van der Waals surface area contributed by atoms with Gasteiger partial charge in [-0.2, -0.15) is 5.26 Å². The van der Waals surface area contributed by atoms with Gasteiger partial charge in [-0.25, -0.2) is 4.39 Å². The number of hydrogen-bond donors (Lipinski definition) is 0. The zero-order chi connectivity index (χ0) is 13.8. The minimum absolute atomic E-state index is 0.00114. The van der Waals surface area contributed by atoms with Gasteiger partial charge in [-0.3, -0.25) is 9.69 Å². The number of rotatable bonds is 2. The molecule has 6 heteroatoms. The van der Waals surface area contributed by atoms with Crippen molar-refractivity contribution in [3.8, 4) is 6.07 Å². The molecule has 1 amide bonds. The molecule has 4 nitrogen and oxygen atoms in total. The van der Waals surface area contributed by atoms with E-state index in [-0.39, 0.29) is 11.5 Å². The monoisotopic (exact) mass is 281 g/mol. The van der Waals surface area contributed by atoms with E-state index in [1.807, 2.05) is 4.90 Å². The Morgan fingerprint density at radius 2 is 2.05 bits per heavy atom. The van der Waals surface area contributed by atoms with Gasteiger partial charge in [0, 0.05) is 31.2 Å². The average Bonchev–Trinajstić information content (AvgIpc) is 2.42. The molecular weight excluding hydrogens is 269 g/mol. The lowest BCUT2D eigenvalue weighted by Gasteiger charge is -2.33. The second-order valence-corrected chi connectivity index (χ2v) is 4.79. The quantitative estimate of drug-likeness (QED) is 0.776. The summed E-state index contributed by atoms with van der Waals surface area (Å²) < 4.78 is 13.6. The number of halogens is 2. The van der Waals surface area contributed by atoms with Crippen LogP contribution in [0.15, 0.2) is 18.2 Å². The van der Waals surface area contributed by atoms with Crippen LogP contribution in [0.25, 0.3) is 0 Å². The van der Waals surface area contributed by atoms with Gasteiger partial charge in [-0.05, 0) is 18.2 Å². The molecule has 0 N–H and O–H groups in total. The van der Waals surface area contributed by atoms with E-state index in [0.29, 0.717) is 37.7 Å². The van der Waals surface area contributed by atoms with Crippen LogP contribution >= 0.6 is 11.6 Å². The standard InChI is InChI=1S/C13H13ClFN3O/c14-10-1-2-12(15)11(9-10)13(19)18-7-5-17(4-3-16)6-8-18/h1-2,9H,4-8H2. The lowest BCUT2D eigenvalue weighted by atomic mass is 10.1. The molecule has 1 aliphatic rings. The molecule has 1 aliphatic heterocycles. The van der Waals surface area contributed by atoms with Crippen LogP contribution in [0.1, 0.15) is 10.4 Å². The summed E-state index contributed by atoms with van der Waals surface area (Å²) in [6.45, 7) is 2.59. The maximum atomic E-state index is 13.6. The molecule has 0 bridgehead atoms. The van der Waals surface area contributed by atoms with Crippen LogP contribution < -0.4 is 0 Å². The number of nitrogens with zero attached hydrogens (tertiary/aromatic N) is 3. The molecule has 0 spiro atoms. The molecule has 1 aromatic carbocycles. The lowest BCUT2D eigenvalue weighted by Crippen LogP contribution is -2.48. The van der Waals surface area contributed by atoms with Gasteiger partial charge >= 0.3 is 0 Å². The lowest BCUT2D eigenvalue weighted by molar-refractivity contribution is 0.0647. The zero-order valence-corrected chi connectivity index (χ0v) is 11.0. The predicted molar refractivity (Wildman–Crippen MR) is 69.4 cm³/mol. The largest absolute Gasteiger partial charge is 0.336 e. The number of amides is 1. The molecule has 1 fully saturated rings. The number of benzene rings is 1. The molecule has 1 saturated heterocycles. The van der Waals surface area contributed by atoms with Crippen LogP contribution in [0.4, 0.5) is 4.39 Å². The van der Waals surface area contributed by atoms with Crippen LogP contribution in [0.5, 0.6) is 0 Å². The summed E-state index contributed by atoms with van der Waals surface area (Å²) in [6, 6.07) is 6.03. The Bertz CT molecular complexity index is 521. The summed E-state index contributed by atoms with van der Waals surface area (Å²) in [5.74, 6) is -0.912. The first-order valence-electron chi connectivity index (χ1n) is 5.95. The number of carbonyl (C=O) groups is 1. The summed E-state index contributed by atoms with van der Waals surface area (Å²) in [7, 11) is 0. The fourth-order valence-corrected chi connectivity index (χ4v) is 2.21. The van der Waals surface area contributed by atoms with Crippen molar-refractivity contribution < 1.29 is 9.18 Å². The zero-order valence-electron chi connectivity index (χ0n) is 10.3. The highest BCUT2D eigenvalue weighted by atomic mass is 35.5. The van der Waals surface area contributed by atoms with Crippen molar-refractivity contribution in [3.05, 3.63) is 34.6 Å². The third-order valence-corrected chi connectivity index (χ3v) is 3.35. The molecule has 100 valence electrons. The number of nitriles is 1. The maximum absolute atomic E-state index is 13.6. The van der Waals surface area contributed by atoms with E-state index in [2.05, 4.69) is 6.07 Å². The first-order chi connectivity index (χ1) is 9.11. The Hall–Kier alpha value is -1.64. The second-order valence-electron chi connectivity index (χ2n) is 4.35. The third kappa shape index (κ3) is 3.22. The van der Waals surface area contributed by atoms with Crippen LogP contribution in [-0.2, 0) is 0 Å². The molecule has 19 heavy (non-hydrogen) atoms. The SMILES string of the molecule is N#CCN1CCN(C(=O)c2cc(Cl)ccc2F)CC1. The van der Waals surface area contributed by atoms with Crippen molar-refractivity contribution in [1.29, 1.82) is 5.26 Å². The number of hydrogen-bond acceptors (Lipinski definition) is 3. The summed E-state index contributed by atoms with van der Waals surface area (Å²) in [5.41, 5.74) is 0.00114. The van der Waals surface area contributed by atoms with E-state index in [0.717, 1.165) is 0 Å². The summed E-state index contributed by atoms with van der Waals surface area (Å²) >= 11 is 5.78. The fraction of sp³-hybridized carbons (Fsp3) is 0.385. The maximum Gasteiger partial charge on any atom is 0.256 e. The van der Waals surface area contributed by atoms with Crippen LogP contribution in [0.3, 0.4) is 0 Å². The smallest absolute Gasteiger partial charge is 0.256 e. The highest BCUT2D eigenvalue weighted by molar-refractivity contribution is 6.31. The van der Waals surface area contributed by atoms with E-state index < -0.39 is 5.82 Å². The minimum Gasteiger partial charge on any atom is -0.336 e. The van der Waals surface area contributed by atoms with Crippen LogP contribution in [0, 0.1) is 17.1 Å². The molecule has 2 rings (SSSR count). The van der Waals surface area contributed by atoms with Gasteiger partial charge in [0.05, 0.1) is 18.2 Å². The highest BCUT2D eigenvalue weighted by Gasteiger charge is 2.23. The van der Waals surface area contributed by atoms with Crippen molar-refractivity contribution in [1.82, 2.24) is 9.80 Å². The molecule has 0 radical (unpaired) electrons. The Kier molecular flexibility index (Phi) is 4.35. The summed E-state index contributed by atoms with van der Waals surface area (Å²) in [6.07, 6.45) is 0. The van der Waals surface area contributed by atoms with Gasteiger partial charge < -0.3 is 4.90 Å². The van der Waals surface area contributed by atoms with Crippen molar-refractivity contribution in [2.75, 3.05) is 32.7 Å². The van der Waals surface area contributed by atoms with Crippen molar-refractivity contribution in [2.45, 2.75) is 0 Å². The average molecular weight is 282 g/mol. The third-order valence-electron chi connectivity index (χ3n) is 3.11. The van der Waals surface area contributed by atoms with E-state index >= 15 is 0 Å². The van der Waals surface area contributed by atoms with Crippen molar-refractivity contribution in [3.63, 3.8) is 0 Å². The number of piperazine rings is 1. The highest BCUT2D eigenvalue weighted by Crippen LogP contribution is 2.17. The van der Waals surface area contributed by atoms with Gasteiger partial charge in [-0.15, -0.1) is 0 Å². The topological polar surface area (TPSA) is 47.3 Å². The Balaban J connectivity index is 2.05. The molecule has 0 saturated carbocycles. The Morgan fingerprint density at radius 1 is 1.37 bits per heavy atom. The van der Waals surface area contributed by atoms with E-state index in [4.69, 9.17) is 16.9 Å². The van der Waals surface area contributed by atoms with E-state index in [9.17, 15) is 9.18 Å². The predicted octanol–water partition coefficient (Wildman–Crippen LogP) is 1.76. The molecule has 1 aromatic rings. The molecule has 1 heterocycles. The number of carbonyl (C=O) groups excluding carboxylic acids is 1. The van der Waals surface area contributed by atoms with E-state index in [1.165, 1.54) is 18.2 Å². The molecule has 0 aromatic heterocycles. The van der Waals surface area contributed by atoms with Gasteiger partial charge in [-0.1, -0.05) is 11.6 Å². The first kappa shape index (κ1) is 13.8. The molecular formula is C13H13ClFN3O. The molecule has 0 atom stereocenters. The van der Waals surface area contributed by atoms with Gasteiger partial charge in [0.15, 0.2) is 0 Å². The second kappa shape index (κ2) is 6.00. The van der Waals surface area contributed by atoms with Gasteiger partial charge in [0.25, 0.3) is 5.91 Å². The summed E-state index contributed by atoms with van der Waals surface area (Å²) in [5, 5.41) is 8.94. The molecule has 0 aliphatic carbocycles. The molecule has 0 unspecified atom stereocenters. The van der Waals surface area contributed by atoms with Crippen molar-refractivity contribution >= 4 is 17.5 Å². The minimum atomic E-state index is -0.561. The van der Waals surface area contributed by atoms with Gasteiger partial charge in [0.2, 0.25) is 0 Å². The Morgan fingerprint density at radius 3 is 2.68 bits per heavy atom. The van der Waals surface area contributed by atoms with E-state index in [1.54, 1.807) is 4.90 Å².